The van der Waals surface area contributed by atoms with Crippen LogP contribution in [0.25, 0.3) is 6.08 Å². The zero-order valence-corrected chi connectivity index (χ0v) is 14.3. The second-order valence-electron chi connectivity index (χ2n) is 5.91. The first-order valence-corrected chi connectivity index (χ1v) is 8.54. The maximum atomic E-state index is 12.8. The summed E-state index contributed by atoms with van der Waals surface area (Å²) in [5.41, 5.74) is 7.54. The number of nitrogens with two attached hydrogens (primary N) is 1. The lowest BCUT2D eigenvalue weighted by molar-refractivity contribution is -0.116. The quantitative estimate of drug-likeness (QED) is 0.490. The molecular formula is C18H24N4O3. The lowest BCUT2D eigenvalue weighted by Gasteiger charge is -2.30. The van der Waals surface area contributed by atoms with Gasteiger partial charge in [0.1, 0.15) is 5.70 Å². The molecule has 3 rings (SSSR count). The van der Waals surface area contributed by atoms with Crippen molar-refractivity contribution in [1.29, 1.82) is 0 Å². The first-order chi connectivity index (χ1) is 12.2. The summed E-state index contributed by atoms with van der Waals surface area (Å²) in [6.07, 6.45) is 1.86. The van der Waals surface area contributed by atoms with Crippen LogP contribution in [0.2, 0.25) is 0 Å². The highest BCUT2D eigenvalue weighted by molar-refractivity contribution is 6.04. The normalized spacial score (nSPS) is 19.8. The second-order valence-corrected chi connectivity index (χ2v) is 5.91. The predicted molar refractivity (Wildman–Crippen MR) is 95.8 cm³/mol. The van der Waals surface area contributed by atoms with Crippen LogP contribution in [0.4, 0.5) is 0 Å². The molecule has 1 aromatic carbocycles. The Morgan fingerprint density at radius 1 is 0.960 bits per heavy atom. The molecule has 1 aromatic rings. The van der Waals surface area contributed by atoms with Gasteiger partial charge in [0.25, 0.3) is 5.91 Å². The minimum atomic E-state index is -0.324. The van der Waals surface area contributed by atoms with Gasteiger partial charge in [0.2, 0.25) is 0 Å². The highest BCUT2D eigenvalue weighted by atomic mass is 16.5. The number of ether oxygens (including phenoxy) is 2. The van der Waals surface area contributed by atoms with Crippen LogP contribution in [-0.2, 0) is 14.3 Å². The van der Waals surface area contributed by atoms with Gasteiger partial charge in [0, 0.05) is 26.2 Å². The lowest BCUT2D eigenvalue weighted by Crippen LogP contribution is -2.45. The SMILES string of the molecule is NC(=NC(=O)C(=Cc1ccccc1)N1CCOCC1)N1CCOCC1. The summed E-state index contributed by atoms with van der Waals surface area (Å²) >= 11 is 0. The van der Waals surface area contributed by atoms with Crippen LogP contribution in [0.1, 0.15) is 5.56 Å². The minimum absolute atomic E-state index is 0.250. The Morgan fingerprint density at radius 3 is 2.12 bits per heavy atom. The molecule has 25 heavy (non-hydrogen) atoms. The molecule has 7 heteroatoms. The van der Waals surface area contributed by atoms with E-state index in [0.29, 0.717) is 58.3 Å². The van der Waals surface area contributed by atoms with Gasteiger partial charge in [-0.15, -0.1) is 0 Å². The number of carbonyl (C=O) groups excluding carboxylic acids is 1. The fourth-order valence-electron chi connectivity index (χ4n) is 2.82. The minimum Gasteiger partial charge on any atom is -0.378 e. The van der Waals surface area contributed by atoms with Crippen LogP contribution in [0.15, 0.2) is 41.0 Å². The van der Waals surface area contributed by atoms with Crippen molar-refractivity contribution in [2.75, 3.05) is 52.6 Å². The van der Waals surface area contributed by atoms with E-state index < -0.39 is 0 Å². The summed E-state index contributed by atoms with van der Waals surface area (Å²) in [4.78, 5) is 20.9. The first kappa shape index (κ1) is 17.4. The molecule has 1 amide bonds. The van der Waals surface area contributed by atoms with Gasteiger partial charge in [0.15, 0.2) is 5.96 Å². The standard InChI is InChI=1S/C18H24N4O3/c19-18(22-8-12-25-13-9-22)20-17(23)16(21-6-10-24-11-7-21)14-15-4-2-1-3-5-15/h1-5,14H,6-13H2,(H2,19,20,23). The number of hydrogen-bond acceptors (Lipinski definition) is 4. The molecule has 2 N–H and O–H groups in total. The zero-order chi connectivity index (χ0) is 17.5. The van der Waals surface area contributed by atoms with Gasteiger partial charge >= 0.3 is 0 Å². The third-order valence-electron chi connectivity index (χ3n) is 4.23. The Hall–Kier alpha value is -2.38. The molecule has 134 valence electrons. The summed E-state index contributed by atoms with van der Waals surface area (Å²) in [5.74, 6) is -0.0738. The summed E-state index contributed by atoms with van der Waals surface area (Å²) in [7, 11) is 0. The van der Waals surface area contributed by atoms with E-state index in [2.05, 4.69) is 4.99 Å². The number of nitrogens with zero attached hydrogens (tertiary/aromatic N) is 3. The Labute approximate surface area is 147 Å². The van der Waals surface area contributed by atoms with Crippen LogP contribution >= 0.6 is 0 Å². The molecule has 0 spiro atoms. The van der Waals surface area contributed by atoms with Crippen molar-refractivity contribution in [3.8, 4) is 0 Å². The molecule has 2 heterocycles. The fraction of sp³-hybridized carbons (Fsp3) is 0.444. The topological polar surface area (TPSA) is 80.4 Å². The number of rotatable bonds is 3. The number of aliphatic imine (C=N–C) groups is 1. The molecule has 2 aliphatic rings. The number of hydrogen-bond donors (Lipinski definition) is 1. The second kappa shape index (κ2) is 8.64. The lowest BCUT2D eigenvalue weighted by atomic mass is 10.1. The van der Waals surface area contributed by atoms with Gasteiger partial charge in [-0.05, 0) is 11.6 Å². The highest BCUT2D eigenvalue weighted by Crippen LogP contribution is 2.15. The molecule has 0 aliphatic carbocycles. The number of benzene rings is 1. The molecule has 0 radical (unpaired) electrons. The van der Waals surface area contributed by atoms with Crippen LogP contribution < -0.4 is 5.73 Å². The molecular weight excluding hydrogens is 320 g/mol. The number of amides is 1. The van der Waals surface area contributed by atoms with E-state index in [1.165, 1.54) is 0 Å². The largest absolute Gasteiger partial charge is 0.378 e. The molecule has 2 aliphatic heterocycles. The fourth-order valence-corrected chi connectivity index (χ4v) is 2.82. The van der Waals surface area contributed by atoms with E-state index in [1.54, 1.807) is 0 Å². The Morgan fingerprint density at radius 2 is 1.52 bits per heavy atom. The van der Waals surface area contributed by atoms with Crippen molar-refractivity contribution in [1.82, 2.24) is 9.80 Å². The van der Waals surface area contributed by atoms with E-state index >= 15 is 0 Å². The number of guanidine groups is 1. The van der Waals surface area contributed by atoms with Gasteiger partial charge < -0.3 is 25.0 Å². The van der Waals surface area contributed by atoms with Crippen LogP contribution in [0.3, 0.4) is 0 Å². The molecule has 0 saturated carbocycles. The third-order valence-corrected chi connectivity index (χ3v) is 4.23. The third kappa shape index (κ3) is 4.80. The van der Waals surface area contributed by atoms with Gasteiger partial charge in [-0.1, -0.05) is 30.3 Å². The maximum Gasteiger partial charge on any atom is 0.296 e. The van der Waals surface area contributed by atoms with Gasteiger partial charge in [-0.2, -0.15) is 4.99 Å². The zero-order valence-electron chi connectivity index (χ0n) is 14.3. The van der Waals surface area contributed by atoms with Gasteiger partial charge in [-0.25, -0.2) is 0 Å². The molecule has 0 unspecified atom stereocenters. The molecule has 2 saturated heterocycles. The average Bonchev–Trinajstić information content (AvgIpc) is 2.68. The Balaban J connectivity index is 1.82. The van der Waals surface area contributed by atoms with Crippen molar-refractivity contribution in [2.24, 2.45) is 10.7 Å². The van der Waals surface area contributed by atoms with E-state index in [4.69, 9.17) is 15.2 Å². The van der Waals surface area contributed by atoms with E-state index in [1.807, 2.05) is 46.2 Å². The first-order valence-electron chi connectivity index (χ1n) is 8.54. The Bertz CT molecular complexity index is 633. The molecule has 7 nitrogen and oxygen atoms in total. The summed E-state index contributed by atoms with van der Waals surface area (Å²) in [5, 5.41) is 0. The van der Waals surface area contributed by atoms with Crippen molar-refractivity contribution in [3.05, 3.63) is 41.6 Å². The van der Waals surface area contributed by atoms with Crippen molar-refractivity contribution in [2.45, 2.75) is 0 Å². The van der Waals surface area contributed by atoms with Crippen molar-refractivity contribution in [3.63, 3.8) is 0 Å². The van der Waals surface area contributed by atoms with Crippen LogP contribution in [-0.4, -0.2) is 74.3 Å². The summed E-state index contributed by atoms with van der Waals surface area (Å²) < 4.78 is 10.7. The molecule has 0 aromatic heterocycles. The predicted octanol–water partition coefficient (Wildman–Crippen LogP) is 0.533. The Kier molecular flexibility index (Phi) is 6.03. The smallest absolute Gasteiger partial charge is 0.296 e. The van der Waals surface area contributed by atoms with Crippen molar-refractivity contribution < 1.29 is 14.3 Å². The van der Waals surface area contributed by atoms with Gasteiger partial charge in [-0.3, -0.25) is 4.79 Å². The monoisotopic (exact) mass is 344 g/mol. The highest BCUT2D eigenvalue weighted by Gasteiger charge is 2.21. The van der Waals surface area contributed by atoms with Crippen LogP contribution in [0, 0.1) is 0 Å². The summed E-state index contributed by atoms with van der Waals surface area (Å²) in [6.45, 7) is 5.02. The number of morpholine rings is 2. The van der Waals surface area contributed by atoms with E-state index in [9.17, 15) is 4.79 Å². The van der Waals surface area contributed by atoms with E-state index in [-0.39, 0.29) is 11.9 Å². The average molecular weight is 344 g/mol. The molecule has 2 fully saturated rings. The molecule has 0 atom stereocenters. The molecule has 0 bridgehead atoms. The van der Waals surface area contributed by atoms with E-state index in [0.717, 1.165) is 5.56 Å². The van der Waals surface area contributed by atoms with Gasteiger partial charge in [0.05, 0.1) is 26.4 Å². The van der Waals surface area contributed by atoms with Crippen LogP contribution in [0.5, 0.6) is 0 Å². The summed E-state index contributed by atoms with van der Waals surface area (Å²) in [6, 6.07) is 9.75. The van der Waals surface area contributed by atoms with Crippen molar-refractivity contribution >= 4 is 17.9 Å². The maximum absolute atomic E-state index is 12.8. The number of carbonyl (C=O) groups is 1.